The highest BCUT2D eigenvalue weighted by Gasteiger charge is 2.67. The zero-order chi connectivity index (χ0) is 24.5. The number of aliphatic hydroxyl groups is 1. The fourth-order valence-corrected chi connectivity index (χ4v) is 9.61. The molecule has 34 heavy (non-hydrogen) atoms. The van der Waals surface area contributed by atoms with E-state index in [1.807, 2.05) is 0 Å². The van der Waals surface area contributed by atoms with E-state index in [0.29, 0.717) is 22.7 Å². The van der Waals surface area contributed by atoms with E-state index in [1.165, 1.54) is 37.0 Å². The van der Waals surface area contributed by atoms with Crippen LogP contribution in [-0.4, -0.2) is 29.3 Å². The molecule has 9 atom stereocenters. The minimum Gasteiger partial charge on any atom is -0.491 e. The van der Waals surface area contributed by atoms with E-state index in [2.05, 4.69) is 46.0 Å². The number of hydrogen-bond acceptors (Lipinski definition) is 3. The number of fused-ring (bicyclic) bond motifs is 7. The molecule has 0 radical (unpaired) electrons. The smallest absolute Gasteiger partial charge is 0.216 e. The van der Waals surface area contributed by atoms with Gasteiger partial charge in [-0.25, -0.2) is 0 Å². The van der Waals surface area contributed by atoms with Gasteiger partial charge in [-0.05, 0) is 105 Å². The van der Waals surface area contributed by atoms with Crippen molar-refractivity contribution < 1.29 is 14.6 Å². The molecule has 1 amide bonds. The van der Waals surface area contributed by atoms with Crippen molar-refractivity contribution in [3.63, 3.8) is 0 Å². The topological polar surface area (TPSA) is 58.6 Å². The molecule has 1 aliphatic heterocycles. The Morgan fingerprint density at radius 2 is 2.00 bits per heavy atom. The molecule has 0 aromatic heterocycles. The predicted octanol–water partition coefficient (Wildman–Crippen LogP) is 6.15. The van der Waals surface area contributed by atoms with Crippen LogP contribution in [0.1, 0.15) is 99.3 Å². The second-order valence-electron chi connectivity index (χ2n) is 13.4. The average Bonchev–Trinajstić information content (AvgIpc) is 3.17. The first-order valence-corrected chi connectivity index (χ1v) is 14.0. The lowest BCUT2D eigenvalue weighted by Gasteiger charge is -2.57. The fraction of sp³-hybridized carbons (Fsp3) is 0.833. The molecule has 190 valence electrons. The van der Waals surface area contributed by atoms with Crippen LogP contribution in [0.2, 0.25) is 0 Å². The lowest BCUT2D eigenvalue weighted by Crippen LogP contribution is -2.50. The Bertz CT molecular complexity index is 907. The van der Waals surface area contributed by atoms with Crippen LogP contribution in [0, 0.1) is 40.4 Å². The molecule has 0 aromatic rings. The van der Waals surface area contributed by atoms with Gasteiger partial charge in [0.25, 0.3) is 0 Å². The van der Waals surface area contributed by atoms with Crippen molar-refractivity contribution in [1.82, 2.24) is 5.32 Å². The van der Waals surface area contributed by atoms with Crippen LogP contribution in [-0.2, 0) is 9.53 Å². The maximum Gasteiger partial charge on any atom is 0.216 e. The van der Waals surface area contributed by atoms with Crippen molar-refractivity contribution >= 4 is 5.91 Å². The Kier molecular flexibility index (Phi) is 6.02. The van der Waals surface area contributed by atoms with Gasteiger partial charge in [-0.15, -0.1) is 0 Å². The molecule has 5 aliphatic rings. The standard InChI is InChI=1S/C30H47NO3/c1-18(17-31-20(3)32)7-10-26-19(2)27-29(5)14-12-24-23(25(29)16-30(27,6)34-26)9-8-21-15-22(33)11-13-28(21,24)4/h8,18,22-25,27,33H,7,9-17H2,1-6H3,(H,31,32)/t18-,22-,23-,24-,25-,27+,28+,29+,30+/m1/s1. The van der Waals surface area contributed by atoms with E-state index in [9.17, 15) is 9.90 Å². The number of carbonyl (C=O) groups excluding carboxylic acids is 1. The van der Waals surface area contributed by atoms with Gasteiger partial charge >= 0.3 is 0 Å². The average molecular weight is 470 g/mol. The van der Waals surface area contributed by atoms with Gasteiger partial charge in [0.15, 0.2) is 0 Å². The Labute approximate surface area is 207 Å². The van der Waals surface area contributed by atoms with Crippen molar-refractivity contribution in [2.75, 3.05) is 6.54 Å². The molecule has 5 rings (SSSR count). The van der Waals surface area contributed by atoms with Crippen molar-refractivity contribution in [2.45, 2.75) is 111 Å². The SMILES string of the molecule is CC(=O)NC[C@H](C)CCC1=C(C)[C@H]2[C@@]3(C)CC[C@@H]4[C@@H](CC=C5C[C@H](O)CC[C@@]54C)[C@H]3C[C@]2(C)O1. The van der Waals surface area contributed by atoms with Crippen LogP contribution in [0.5, 0.6) is 0 Å². The van der Waals surface area contributed by atoms with E-state index >= 15 is 0 Å². The highest BCUT2D eigenvalue weighted by atomic mass is 16.5. The molecule has 0 spiro atoms. The van der Waals surface area contributed by atoms with Gasteiger partial charge in [-0.2, -0.15) is 0 Å². The summed E-state index contributed by atoms with van der Waals surface area (Å²) in [5.41, 5.74) is 3.62. The molecule has 3 fully saturated rings. The third-order valence-corrected chi connectivity index (χ3v) is 11.2. The Balaban J connectivity index is 1.34. The third kappa shape index (κ3) is 3.69. The van der Waals surface area contributed by atoms with Crippen LogP contribution in [0.3, 0.4) is 0 Å². The van der Waals surface area contributed by atoms with E-state index in [1.54, 1.807) is 12.5 Å². The number of carbonyl (C=O) groups is 1. The zero-order valence-corrected chi connectivity index (χ0v) is 22.4. The molecular weight excluding hydrogens is 422 g/mol. The number of hydrogen-bond donors (Lipinski definition) is 2. The van der Waals surface area contributed by atoms with Crippen LogP contribution < -0.4 is 5.32 Å². The van der Waals surface area contributed by atoms with Crippen LogP contribution in [0.25, 0.3) is 0 Å². The number of allylic oxidation sites excluding steroid dienone is 2. The van der Waals surface area contributed by atoms with E-state index in [0.717, 1.165) is 56.4 Å². The summed E-state index contributed by atoms with van der Waals surface area (Å²) in [6.07, 6.45) is 12.5. The molecule has 4 aliphatic carbocycles. The lowest BCUT2D eigenvalue weighted by molar-refractivity contribution is -0.119. The molecule has 0 aromatic carbocycles. The maximum atomic E-state index is 11.3. The van der Waals surface area contributed by atoms with Gasteiger partial charge in [0, 0.05) is 25.8 Å². The summed E-state index contributed by atoms with van der Waals surface area (Å²) in [6, 6.07) is 0. The largest absolute Gasteiger partial charge is 0.491 e. The molecule has 1 heterocycles. The second-order valence-corrected chi connectivity index (χ2v) is 13.4. The fourth-order valence-electron chi connectivity index (χ4n) is 9.61. The van der Waals surface area contributed by atoms with Crippen LogP contribution >= 0.6 is 0 Å². The Hall–Kier alpha value is -1.29. The Morgan fingerprint density at radius 3 is 2.74 bits per heavy atom. The molecule has 4 nitrogen and oxygen atoms in total. The summed E-state index contributed by atoms with van der Waals surface area (Å²) in [5.74, 6) is 4.51. The lowest BCUT2D eigenvalue weighted by atomic mass is 9.47. The number of nitrogens with one attached hydrogen (secondary N) is 1. The quantitative estimate of drug-likeness (QED) is 0.475. The minimum absolute atomic E-state index is 0.0546. The number of aliphatic hydroxyl groups excluding tert-OH is 1. The molecule has 0 bridgehead atoms. The summed E-state index contributed by atoms with van der Waals surface area (Å²) in [7, 11) is 0. The van der Waals surface area contributed by atoms with Gasteiger partial charge in [0.2, 0.25) is 5.91 Å². The van der Waals surface area contributed by atoms with Gasteiger partial charge in [-0.1, -0.05) is 32.4 Å². The predicted molar refractivity (Wildman–Crippen MR) is 136 cm³/mol. The third-order valence-electron chi connectivity index (χ3n) is 11.2. The van der Waals surface area contributed by atoms with E-state index in [-0.39, 0.29) is 17.6 Å². The highest BCUT2D eigenvalue weighted by Crippen LogP contribution is 2.71. The van der Waals surface area contributed by atoms with Crippen molar-refractivity contribution in [3.05, 3.63) is 23.0 Å². The molecule has 0 saturated heterocycles. The van der Waals surface area contributed by atoms with Gasteiger partial charge in [0.05, 0.1) is 11.9 Å². The summed E-state index contributed by atoms with van der Waals surface area (Å²) in [4.78, 5) is 11.3. The first kappa shape index (κ1) is 24.4. The first-order chi connectivity index (χ1) is 16.0. The molecule has 2 N–H and O–H groups in total. The van der Waals surface area contributed by atoms with Gasteiger partial charge in [-0.3, -0.25) is 4.79 Å². The van der Waals surface area contributed by atoms with Crippen LogP contribution in [0.15, 0.2) is 23.0 Å². The summed E-state index contributed by atoms with van der Waals surface area (Å²) in [6.45, 7) is 14.4. The molecular formula is C30H47NO3. The van der Waals surface area contributed by atoms with Crippen molar-refractivity contribution in [1.29, 1.82) is 0 Å². The van der Waals surface area contributed by atoms with Crippen molar-refractivity contribution in [2.24, 2.45) is 40.4 Å². The molecule has 3 saturated carbocycles. The molecule has 0 unspecified atom stereocenters. The maximum absolute atomic E-state index is 11.3. The van der Waals surface area contributed by atoms with E-state index in [4.69, 9.17) is 4.74 Å². The number of amides is 1. The Morgan fingerprint density at radius 1 is 1.24 bits per heavy atom. The summed E-state index contributed by atoms with van der Waals surface area (Å²) >= 11 is 0. The van der Waals surface area contributed by atoms with Gasteiger partial charge in [0.1, 0.15) is 5.60 Å². The minimum atomic E-state index is -0.130. The zero-order valence-electron chi connectivity index (χ0n) is 22.4. The number of ether oxygens (including phenoxy) is 1. The molecule has 4 heteroatoms. The second kappa shape index (κ2) is 8.39. The number of rotatable bonds is 5. The van der Waals surface area contributed by atoms with Crippen molar-refractivity contribution in [3.8, 4) is 0 Å². The summed E-state index contributed by atoms with van der Waals surface area (Å²) < 4.78 is 6.89. The van der Waals surface area contributed by atoms with E-state index < -0.39 is 0 Å². The first-order valence-electron chi connectivity index (χ1n) is 14.0. The van der Waals surface area contributed by atoms with Gasteiger partial charge < -0.3 is 15.2 Å². The normalized spacial score (nSPS) is 46.0. The highest BCUT2D eigenvalue weighted by molar-refractivity contribution is 5.72. The monoisotopic (exact) mass is 469 g/mol. The van der Waals surface area contributed by atoms with Crippen LogP contribution in [0.4, 0.5) is 0 Å². The summed E-state index contributed by atoms with van der Waals surface area (Å²) in [5, 5.41) is 13.3.